The molecule has 2 aromatic heterocycles. The zero-order valence-electron chi connectivity index (χ0n) is 13.4. The van der Waals surface area contributed by atoms with Gasteiger partial charge in [-0.15, -0.1) is 0 Å². The molecule has 0 aromatic carbocycles. The highest BCUT2D eigenvalue weighted by Gasteiger charge is 2.26. The highest BCUT2D eigenvalue weighted by Crippen LogP contribution is 2.31. The Morgan fingerprint density at radius 1 is 1.30 bits per heavy atom. The summed E-state index contributed by atoms with van der Waals surface area (Å²) in [5.41, 5.74) is 6.76. The second-order valence-electron chi connectivity index (χ2n) is 6.20. The molecule has 3 rings (SSSR count). The van der Waals surface area contributed by atoms with Gasteiger partial charge in [-0.1, -0.05) is 0 Å². The first kappa shape index (κ1) is 15.5. The number of carbonyl (C=O) groups is 1. The van der Waals surface area contributed by atoms with Gasteiger partial charge in [0.15, 0.2) is 0 Å². The normalized spacial score (nSPS) is 21.1. The molecule has 6 heteroatoms. The van der Waals surface area contributed by atoms with Gasteiger partial charge < -0.3 is 15.6 Å². The number of hydrogen-bond acceptors (Lipinski definition) is 4. The number of amides is 1. The minimum atomic E-state index is 0.179. The van der Waals surface area contributed by atoms with Crippen LogP contribution in [0.15, 0.2) is 30.7 Å². The number of nitrogens with one attached hydrogen (secondary N) is 1. The van der Waals surface area contributed by atoms with Crippen molar-refractivity contribution < 1.29 is 4.79 Å². The summed E-state index contributed by atoms with van der Waals surface area (Å²) in [5, 5.41) is 2.76. The van der Waals surface area contributed by atoms with Gasteiger partial charge in [0.05, 0.1) is 0 Å². The van der Waals surface area contributed by atoms with Gasteiger partial charge in [-0.25, -0.2) is 9.97 Å². The molecular weight excluding hydrogens is 290 g/mol. The van der Waals surface area contributed by atoms with Crippen molar-refractivity contribution in [3.8, 4) is 11.4 Å². The Labute approximate surface area is 136 Å². The maximum absolute atomic E-state index is 11.7. The minimum absolute atomic E-state index is 0.179. The molecule has 0 unspecified atom stereocenters. The number of imidazole rings is 1. The molecule has 0 atom stereocenters. The third kappa shape index (κ3) is 3.52. The van der Waals surface area contributed by atoms with Gasteiger partial charge in [0.2, 0.25) is 5.91 Å². The number of anilines is 1. The van der Waals surface area contributed by atoms with E-state index in [2.05, 4.69) is 19.9 Å². The van der Waals surface area contributed by atoms with Crippen molar-refractivity contribution in [3.63, 3.8) is 0 Å². The maximum Gasteiger partial charge on any atom is 0.222 e. The lowest BCUT2D eigenvalue weighted by atomic mass is 9.81. The van der Waals surface area contributed by atoms with Crippen LogP contribution < -0.4 is 11.1 Å². The van der Waals surface area contributed by atoms with Crippen LogP contribution in [0.2, 0.25) is 0 Å². The summed E-state index contributed by atoms with van der Waals surface area (Å²) >= 11 is 0. The summed E-state index contributed by atoms with van der Waals surface area (Å²) in [6, 6.07) is 3.78. The van der Waals surface area contributed by atoms with Gasteiger partial charge >= 0.3 is 0 Å². The monoisotopic (exact) mass is 313 g/mol. The van der Waals surface area contributed by atoms with Crippen molar-refractivity contribution in [1.29, 1.82) is 0 Å². The molecule has 1 aliphatic carbocycles. The van der Waals surface area contributed by atoms with E-state index in [1.165, 1.54) is 0 Å². The number of hydrogen-bond donors (Lipinski definition) is 2. The fraction of sp³-hybridized carbons (Fsp3) is 0.471. The van der Waals surface area contributed by atoms with E-state index in [0.717, 1.165) is 43.6 Å². The van der Waals surface area contributed by atoms with E-state index < -0.39 is 0 Å². The van der Waals surface area contributed by atoms with Crippen LogP contribution in [0.4, 0.5) is 5.82 Å². The second kappa shape index (κ2) is 6.81. The van der Waals surface area contributed by atoms with Crippen molar-refractivity contribution in [2.75, 3.05) is 12.8 Å². The summed E-state index contributed by atoms with van der Waals surface area (Å²) in [5.74, 6) is 2.37. The van der Waals surface area contributed by atoms with Gasteiger partial charge in [0.25, 0.3) is 0 Å². The lowest BCUT2D eigenvalue weighted by Crippen LogP contribution is -2.31. The van der Waals surface area contributed by atoms with Crippen LogP contribution in [0, 0.1) is 11.8 Å². The van der Waals surface area contributed by atoms with E-state index in [0.29, 0.717) is 11.7 Å². The standard InChI is InChI=1S/C17H23N5O/c1-19-17(23)13-4-2-12(3-5-13)11-22-9-8-21-16(22)14-6-7-20-15(18)10-14/h6-10,12-13H,2-5,11H2,1H3,(H2,18,20)(H,19,23). The van der Waals surface area contributed by atoms with E-state index in [-0.39, 0.29) is 11.8 Å². The Morgan fingerprint density at radius 3 is 2.78 bits per heavy atom. The van der Waals surface area contributed by atoms with Gasteiger partial charge in [-0.3, -0.25) is 4.79 Å². The van der Waals surface area contributed by atoms with Crippen LogP contribution >= 0.6 is 0 Å². The number of pyridine rings is 1. The van der Waals surface area contributed by atoms with Crippen LogP contribution in [0.1, 0.15) is 25.7 Å². The number of carbonyl (C=O) groups excluding carboxylic acids is 1. The minimum Gasteiger partial charge on any atom is -0.384 e. The third-order valence-corrected chi connectivity index (χ3v) is 4.67. The lowest BCUT2D eigenvalue weighted by molar-refractivity contribution is -0.125. The first-order valence-corrected chi connectivity index (χ1v) is 8.12. The average Bonchev–Trinajstić information content (AvgIpc) is 3.03. The molecule has 1 saturated carbocycles. The Hall–Kier alpha value is -2.37. The number of nitrogen functional groups attached to an aromatic ring is 1. The molecule has 0 radical (unpaired) electrons. The predicted octanol–water partition coefficient (Wildman–Crippen LogP) is 2.08. The van der Waals surface area contributed by atoms with Crippen LogP contribution in [0.5, 0.6) is 0 Å². The van der Waals surface area contributed by atoms with Gasteiger partial charge in [0, 0.05) is 43.7 Å². The third-order valence-electron chi connectivity index (χ3n) is 4.67. The molecule has 2 heterocycles. The number of nitrogens with two attached hydrogens (primary N) is 1. The molecular formula is C17H23N5O. The van der Waals surface area contributed by atoms with E-state index in [4.69, 9.17) is 5.73 Å². The molecule has 0 bridgehead atoms. The quantitative estimate of drug-likeness (QED) is 0.905. The molecule has 122 valence electrons. The molecule has 23 heavy (non-hydrogen) atoms. The van der Waals surface area contributed by atoms with Crippen LogP contribution in [-0.2, 0) is 11.3 Å². The van der Waals surface area contributed by atoms with Crippen molar-refractivity contribution in [2.45, 2.75) is 32.2 Å². The van der Waals surface area contributed by atoms with Crippen LogP contribution in [0.3, 0.4) is 0 Å². The Bertz CT molecular complexity index is 673. The number of rotatable bonds is 4. The zero-order chi connectivity index (χ0) is 16.2. The highest BCUT2D eigenvalue weighted by molar-refractivity contribution is 5.78. The second-order valence-corrected chi connectivity index (χ2v) is 6.20. The summed E-state index contributed by atoms with van der Waals surface area (Å²) in [7, 11) is 1.71. The van der Waals surface area contributed by atoms with E-state index in [1.807, 2.05) is 24.5 Å². The van der Waals surface area contributed by atoms with E-state index in [1.54, 1.807) is 13.2 Å². The summed E-state index contributed by atoms with van der Waals surface area (Å²) in [6.07, 6.45) is 9.63. The lowest BCUT2D eigenvalue weighted by Gasteiger charge is -2.28. The summed E-state index contributed by atoms with van der Waals surface area (Å²) in [4.78, 5) is 20.2. The first-order valence-electron chi connectivity index (χ1n) is 8.12. The molecule has 2 aromatic rings. The first-order chi connectivity index (χ1) is 11.2. The van der Waals surface area contributed by atoms with Crippen molar-refractivity contribution in [2.24, 2.45) is 11.8 Å². The molecule has 0 aliphatic heterocycles. The average molecular weight is 313 g/mol. The Balaban J connectivity index is 1.66. The highest BCUT2D eigenvalue weighted by atomic mass is 16.1. The van der Waals surface area contributed by atoms with Gasteiger partial charge in [-0.05, 0) is 43.7 Å². The molecule has 6 nitrogen and oxygen atoms in total. The van der Waals surface area contributed by atoms with Gasteiger partial charge in [-0.2, -0.15) is 0 Å². The topological polar surface area (TPSA) is 85.8 Å². The number of nitrogens with zero attached hydrogens (tertiary/aromatic N) is 3. The van der Waals surface area contributed by atoms with Crippen molar-refractivity contribution in [1.82, 2.24) is 19.9 Å². The Kier molecular flexibility index (Phi) is 4.60. The molecule has 3 N–H and O–H groups in total. The maximum atomic E-state index is 11.7. The van der Waals surface area contributed by atoms with E-state index in [9.17, 15) is 4.79 Å². The molecule has 1 amide bonds. The number of aromatic nitrogens is 3. The van der Waals surface area contributed by atoms with Crippen molar-refractivity contribution >= 4 is 11.7 Å². The Morgan fingerprint density at radius 2 is 2.09 bits per heavy atom. The van der Waals surface area contributed by atoms with Crippen molar-refractivity contribution in [3.05, 3.63) is 30.7 Å². The molecule has 1 fully saturated rings. The van der Waals surface area contributed by atoms with Gasteiger partial charge in [0.1, 0.15) is 11.6 Å². The largest absolute Gasteiger partial charge is 0.384 e. The summed E-state index contributed by atoms with van der Waals surface area (Å²) in [6.45, 7) is 0.929. The SMILES string of the molecule is CNC(=O)C1CCC(Cn2ccnc2-c2ccnc(N)c2)CC1. The fourth-order valence-electron chi connectivity index (χ4n) is 3.39. The summed E-state index contributed by atoms with van der Waals surface area (Å²) < 4.78 is 2.18. The van der Waals surface area contributed by atoms with Crippen LogP contribution in [0.25, 0.3) is 11.4 Å². The zero-order valence-corrected chi connectivity index (χ0v) is 13.4. The van der Waals surface area contributed by atoms with Crippen LogP contribution in [-0.4, -0.2) is 27.5 Å². The van der Waals surface area contributed by atoms with E-state index >= 15 is 0 Å². The smallest absolute Gasteiger partial charge is 0.222 e. The molecule has 0 saturated heterocycles. The predicted molar refractivity (Wildman–Crippen MR) is 89.4 cm³/mol. The molecule has 0 spiro atoms. The fourth-order valence-corrected chi connectivity index (χ4v) is 3.39. The molecule has 1 aliphatic rings.